The number of aliphatic hydroxyl groups excluding tert-OH is 1. The third-order valence-corrected chi connectivity index (χ3v) is 4.08. The molecule has 0 aliphatic carbocycles. The number of anilines is 2. The van der Waals surface area contributed by atoms with Gasteiger partial charge in [-0.1, -0.05) is 0 Å². The fourth-order valence-corrected chi connectivity index (χ4v) is 2.88. The molecule has 5 nitrogen and oxygen atoms in total. The largest absolute Gasteiger partial charge is 0.399 e. The van der Waals surface area contributed by atoms with E-state index < -0.39 is 0 Å². The maximum absolute atomic E-state index is 12.0. The van der Waals surface area contributed by atoms with Crippen LogP contribution >= 0.6 is 0 Å². The Morgan fingerprint density at radius 1 is 1.52 bits per heavy atom. The molecule has 1 amide bonds. The van der Waals surface area contributed by atoms with Gasteiger partial charge in [-0.05, 0) is 63.0 Å². The van der Waals surface area contributed by atoms with Crippen LogP contribution < -0.4 is 11.1 Å². The molecule has 1 saturated heterocycles. The first-order valence-electron chi connectivity index (χ1n) is 7.61. The Hall–Kier alpha value is -1.59. The predicted octanol–water partition coefficient (Wildman–Crippen LogP) is 1.75. The van der Waals surface area contributed by atoms with Gasteiger partial charge in [-0.15, -0.1) is 0 Å². The third kappa shape index (κ3) is 4.44. The van der Waals surface area contributed by atoms with Gasteiger partial charge in [0.25, 0.3) is 0 Å². The van der Waals surface area contributed by atoms with Gasteiger partial charge in [-0.2, -0.15) is 0 Å². The van der Waals surface area contributed by atoms with Gasteiger partial charge < -0.3 is 16.2 Å². The number of aliphatic hydroxyl groups is 1. The Labute approximate surface area is 126 Å². The fourth-order valence-electron chi connectivity index (χ4n) is 2.88. The molecular formula is C16H25N3O2. The number of aryl methyl sites for hydroxylation is 1. The molecule has 1 aromatic carbocycles. The van der Waals surface area contributed by atoms with Crippen LogP contribution in [0.15, 0.2) is 18.2 Å². The van der Waals surface area contributed by atoms with Crippen LogP contribution in [-0.4, -0.2) is 41.7 Å². The standard InChI is InChI=1S/C16H25N3O2/c1-12-10-13(17)6-7-15(12)18-16(21)5-3-9-19-8-2-4-14(19)11-20/h6-7,10,14,20H,2-5,8-9,11,17H2,1H3,(H,18,21). The van der Waals surface area contributed by atoms with E-state index in [-0.39, 0.29) is 18.6 Å². The van der Waals surface area contributed by atoms with Gasteiger partial charge >= 0.3 is 0 Å². The minimum Gasteiger partial charge on any atom is -0.399 e. The summed E-state index contributed by atoms with van der Waals surface area (Å²) < 4.78 is 0. The number of hydrogen-bond acceptors (Lipinski definition) is 4. The molecular weight excluding hydrogens is 266 g/mol. The lowest BCUT2D eigenvalue weighted by Crippen LogP contribution is -2.33. The lowest BCUT2D eigenvalue weighted by atomic mass is 10.1. The van der Waals surface area contributed by atoms with E-state index in [2.05, 4.69) is 10.2 Å². The molecule has 1 aliphatic rings. The minimum absolute atomic E-state index is 0.0302. The first-order chi connectivity index (χ1) is 10.1. The number of carbonyl (C=O) groups is 1. The van der Waals surface area contributed by atoms with E-state index in [0.29, 0.717) is 12.1 Å². The molecule has 0 spiro atoms. The highest BCUT2D eigenvalue weighted by Crippen LogP contribution is 2.19. The molecule has 0 aromatic heterocycles. The zero-order chi connectivity index (χ0) is 15.2. The lowest BCUT2D eigenvalue weighted by molar-refractivity contribution is -0.116. The van der Waals surface area contributed by atoms with Crippen molar-refractivity contribution in [1.82, 2.24) is 4.90 Å². The average molecular weight is 291 g/mol. The zero-order valence-corrected chi connectivity index (χ0v) is 12.6. The summed E-state index contributed by atoms with van der Waals surface area (Å²) >= 11 is 0. The fraction of sp³-hybridized carbons (Fsp3) is 0.562. The molecule has 1 atom stereocenters. The van der Waals surface area contributed by atoms with Crippen molar-refractivity contribution in [3.05, 3.63) is 23.8 Å². The molecule has 0 saturated carbocycles. The number of benzene rings is 1. The van der Waals surface area contributed by atoms with Crippen molar-refractivity contribution in [3.8, 4) is 0 Å². The second-order valence-electron chi connectivity index (χ2n) is 5.74. The van der Waals surface area contributed by atoms with Gasteiger partial charge in [0.1, 0.15) is 0 Å². The van der Waals surface area contributed by atoms with E-state index >= 15 is 0 Å². The van der Waals surface area contributed by atoms with Crippen LogP contribution in [-0.2, 0) is 4.79 Å². The first-order valence-corrected chi connectivity index (χ1v) is 7.61. The maximum Gasteiger partial charge on any atom is 0.224 e. The zero-order valence-electron chi connectivity index (χ0n) is 12.6. The normalized spacial score (nSPS) is 18.9. The van der Waals surface area contributed by atoms with E-state index in [0.717, 1.165) is 43.6 Å². The smallest absolute Gasteiger partial charge is 0.224 e. The summed E-state index contributed by atoms with van der Waals surface area (Å²) in [7, 11) is 0. The van der Waals surface area contributed by atoms with E-state index in [1.807, 2.05) is 19.1 Å². The highest BCUT2D eigenvalue weighted by atomic mass is 16.3. The third-order valence-electron chi connectivity index (χ3n) is 4.08. The number of nitrogens with zero attached hydrogens (tertiary/aromatic N) is 1. The summed E-state index contributed by atoms with van der Waals surface area (Å²) in [5.41, 5.74) is 8.20. The van der Waals surface area contributed by atoms with Gasteiger partial charge in [0.15, 0.2) is 0 Å². The number of rotatable bonds is 6. The Bertz CT molecular complexity index is 490. The van der Waals surface area contributed by atoms with Crippen LogP contribution in [0, 0.1) is 6.92 Å². The van der Waals surface area contributed by atoms with Crippen molar-refractivity contribution in [2.45, 2.75) is 38.6 Å². The molecule has 0 radical (unpaired) electrons. The molecule has 21 heavy (non-hydrogen) atoms. The lowest BCUT2D eigenvalue weighted by Gasteiger charge is -2.22. The second-order valence-corrected chi connectivity index (χ2v) is 5.74. The number of nitrogen functional groups attached to an aromatic ring is 1. The van der Waals surface area contributed by atoms with Crippen molar-refractivity contribution in [2.75, 3.05) is 30.7 Å². The van der Waals surface area contributed by atoms with Gasteiger partial charge in [-0.3, -0.25) is 9.69 Å². The number of amides is 1. The van der Waals surface area contributed by atoms with E-state index in [9.17, 15) is 9.90 Å². The van der Waals surface area contributed by atoms with Crippen LogP contribution in [0.4, 0.5) is 11.4 Å². The summed E-state index contributed by atoms with van der Waals surface area (Å²) in [6.07, 6.45) is 3.52. The number of hydrogen-bond donors (Lipinski definition) is 3. The van der Waals surface area contributed by atoms with Gasteiger partial charge in [0, 0.05) is 23.8 Å². The highest BCUT2D eigenvalue weighted by molar-refractivity contribution is 5.91. The average Bonchev–Trinajstić information content (AvgIpc) is 2.89. The molecule has 1 heterocycles. The molecule has 1 unspecified atom stereocenters. The Kier molecular flexibility index (Phi) is 5.59. The molecule has 1 aromatic rings. The van der Waals surface area contributed by atoms with E-state index in [4.69, 9.17) is 5.73 Å². The first kappa shape index (κ1) is 15.8. The van der Waals surface area contributed by atoms with E-state index in [1.54, 1.807) is 6.07 Å². The van der Waals surface area contributed by atoms with Crippen LogP contribution in [0.25, 0.3) is 0 Å². The number of carbonyl (C=O) groups excluding carboxylic acids is 1. The summed E-state index contributed by atoms with van der Waals surface area (Å²) in [5, 5.41) is 12.2. The number of nitrogens with two attached hydrogens (primary N) is 1. The number of nitrogens with one attached hydrogen (secondary N) is 1. The Morgan fingerprint density at radius 2 is 2.33 bits per heavy atom. The molecule has 2 rings (SSSR count). The van der Waals surface area contributed by atoms with Gasteiger partial charge in [0.2, 0.25) is 5.91 Å². The SMILES string of the molecule is Cc1cc(N)ccc1NC(=O)CCCN1CCCC1CO. The predicted molar refractivity (Wildman–Crippen MR) is 85.1 cm³/mol. The van der Waals surface area contributed by atoms with Crippen molar-refractivity contribution >= 4 is 17.3 Å². The van der Waals surface area contributed by atoms with Crippen molar-refractivity contribution in [2.24, 2.45) is 0 Å². The minimum atomic E-state index is 0.0302. The molecule has 1 aliphatic heterocycles. The summed E-state index contributed by atoms with van der Waals surface area (Å²) in [6.45, 7) is 4.06. The topological polar surface area (TPSA) is 78.6 Å². The molecule has 0 bridgehead atoms. The molecule has 4 N–H and O–H groups in total. The Morgan fingerprint density at radius 3 is 3.05 bits per heavy atom. The Balaban J connectivity index is 1.75. The van der Waals surface area contributed by atoms with Crippen LogP contribution in [0.2, 0.25) is 0 Å². The van der Waals surface area contributed by atoms with Crippen molar-refractivity contribution < 1.29 is 9.90 Å². The maximum atomic E-state index is 12.0. The molecule has 1 fully saturated rings. The molecule has 5 heteroatoms. The second kappa shape index (κ2) is 7.43. The van der Waals surface area contributed by atoms with E-state index in [1.165, 1.54) is 0 Å². The summed E-state index contributed by atoms with van der Waals surface area (Å²) in [5.74, 6) is 0.0302. The number of likely N-dealkylation sites (tertiary alicyclic amines) is 1. The summed E-state index contributed by atoms with van der Waals surface area (Å²) in [6, 6.07) is 5.77. The van der Waals surface area contributed by atoms with Crippen LogP contribution in [0.5, 0.6) is 0 Å². The summed E-state index contributed by atoms with van der Waals surface area (Å²) in [4.78, 5) is 14.2. The van der Waals surface area contributed by atoms with Crippen molar-refractivity contribution in [1.29, 1.82) is 0 Å². The van der Waals surface area contributed by atoms with Gasteiger partial charge in [-0.25, -0.2) is 0 Å². The van der Waals surface area contributed by atoms with Crippen molar-refractivity contribution in [3.63, 3.8) is 0 Å². The quantitative estimate of drug-likeness (QED) is 0.698. The highest BCUT2D eigenvalue weighted by Gasteiger charge is 2.22. The molecule has 116 valence electrons. The monoisotopic (exact) mass is 291 g/mol. The van der Waals surface area contributed by atoms with Gasteiger partial charge in [0.05, 0.1) is 6.61 Å². The van der Waals surface area contributed by atoms with Crippen LogP contribution in [0.3, 0.4) is 0 Å². The van der Waals surface area contributed by atoms with Crippen LogP contribution in [0.1, 0.15) is 31.2 Å².